The summed E-state index contributed by atoms with van der Waals surface area (Å²) in [5, 5.41) is 7.87. The first-order valence-corrected chi connectivity index (χ1v) is 9.11. The van der Waals surface area contributed by atoms with Gasteiger partial charge in [-0.05, 0) is 30.2 Å². The smallest absolute Gasteiger partial charge is 0.275 e. The summed E-state index contributed by atoms with van der Waals surface area (Å²) in [6.45, 7) is 0.705. The van der Waals surface area contributed by atoms with Gasteiger partial charge in [0.2, 0.25) is 0 Å². The van der Waals surface area contributed by atoms with Crippen molar-refractivity contribution in [2.24, 2.45) is 0 Å². The van der Waals surface area contributed by atoms with E-state index in [1.165, 1.54) is 16.9 Å². The quantitative estimate of drug-likeness (QED) is 0.584. The van der Waals surface area contributed by atoms with E-state index >= 15 is 0 Å². The topological polar surface area (TPSA) is 69.5 Å². The van der Waals surface area contributed by atoms with Gasteiger partial charge in [0.15, 0.2) is 17.2 Å². The van der Waals surface area contributed by atoms with Gasteiger partial charge in [-0.1, -0.05) is 29.5 Å². The minimum atomic E-state index is -0.317. The fraction of sp³-hybridized carbons (Fsp3) is 0.286. The van der Waals surface area contributed by atoms with Crippen LogP contribution in [0.4, 0.5) is 4.39 Å². The summed E-state index contributed by atoms with van der Waals surface area (Å²) in [5.41, 5.74) is 1.72. The normalized spacial score (nSPS) is 10.6. The third-order valence-corrected chi connectivity index (χ3v) is 4.58. The average Bonchev–Trinajstić information content (AvgIpc) is 3.21. The Balaban J connectivity index is 1.61. The first kappa shape index (κ1) is 20.3. The van der Waals surface area contributed by atoms with Crippen molar-refractivity contribution in [2.45, 2.75) is 13.0 Å². The molecule has 0 fully saturated rings. The summed E-state index contributed by atoms with van der Waals surface area (Å²) in [7, 11) is 4.88. The Bertz CT molecular complexity index is 990. The van der Waals surface area contributed by atoms with Crippen LogP contribution in [0.2, 0.25) is 0 Å². The van der Waals surface area contributed by atoms with Crippen LogP contribution < -0.4 is 9.47 Å². The van der Waals surface area contributed by atoms with E-state index in [1.54, 1.807) is 44.4 Å². The molecule has 8 heteroatoms. The van der Waals surface area contributed by atoms with Crippen LogP contribution in [-0.2, 0) is 13.0 Å². The Hall–Kier alpha value is -3.42. The summed E-state index contributed by atoms with van der Waals surface area (Å²) in [6.07, 6.45) is 2.17. The number of ether oxygens (including phenoxy) is 2. The van der Waals surface area contributed by atoms with Crippen molar-refractivity contribution in [1.29, 1.82) is 0 Å². The lowest BCUT2D eigenvalue weighted by Crippen LogP contribution is -2.29. The zero-order valence-corrected chi connectivity index (χ0v) is 16.6. The summed E-state index contributed by atoms with van der Waals surface area (Å²) < 4.78 is 25.8. The SMILES string of the molecule is COc1ccc(CCN(C)C(=O)c2cn(Cc3ccccc3F)nn2)cc1OC. The van der Waals surface area contributed by atoms with E-state index in [2.05, 4.69) is 10.3 Å². The van der Waals surface area contributed by atoms with Crippen molar-refractivity contribution in [1.82, 2.24) is 19.9 Å². The van der Waals surface area contributed by atoms with Gasteiger partial charge in [0.05, 0.1) is 27.0 Å². The third kappa shape index (κ3) is 4.90. The Kier molecular flexibility index (Phi) is 6.43. The van der Waals surface area contributed by atoms with Crippen LogP contribution in [0.5, 0.6) is 11.5 Å². The number of amides is 1. The van der Waals surface area contributed by atoms with Gasteiger partial charge in [0.1, 0.15) is 5.82 Å². The fourth-order valence-corrected chi connectivity index (χ4v) is 2.90. The molecule has 1 heterocycles. The molecule has 0 aliphatic carbocycles. The molecule has 3 aromatic rings. The molecule has 0 radical (unpaired) electrons. The second-order valence-corrected chi connectivity index (χ2v) is 6.56. The van der Waals surface area contributed by atoms with E-state index in [0.29, 0.717) is 30.0 Å². The zero-order chi connectivity index (χ0) is 20.8. The number of carbonyl (C=O) groups excluding carboxylic acids is 1. The minimum Gasteiger partial charge on any atom is -0.493 e. The summed E-state index contributed by atoms with van der Waals surface area (Å²) in [6, 6.07) is 12.1. The van der Waals surface area contributed by atoms with E-state index in [0.717, 1.165) is 5.56 Å². The molecule has 0 aliphatic rings. The van der Waals surface area contributed by atoms with Crippen LogP contribution in [0, 0.1) is 5.82 Å². The number of benzene rings is 2. The van der Waals surface area contributed by atoms with Gasteiger partial charge in [-0.2, -0.15) is 0 Å². The van der Waals surface area contributed by atoms with Crippen molar-refractivity contribution in [2.75, 3.05) is 27.8 Å². The van der Waals surface area contributed by atoms with Crippen molar-refractivity contribution in [3.8, 4) is 11.5 Å². The first-order valence-electron chi connectivity index (χ1n) is 9.11. The van der Waals surface area contributed by atoms with Crippen molar-refractivity contribution >= 4 is 5.91 Å². The maximum atomic E-state index is 13.8. The molecular weight excluding hydrogens is 375 g/mol. The fourth-order valence-electron chi connectivity index (χ4n) is 2.90. The molecule has 3 rings (SSSR count). The van der Waals surface area contributed by atoms with Gasteiger partial charge in [0, 0.05) is 19.2 Å². The first-order chi connectivity index (χ1) is 14.0. The van der Waals surface area contributed by atoms with Crippen LogP contribution in [0.3, 0.4) is 0 Å². The van der Waals surface area contributed by atoms with E-state index in [-0.39, 0.29) is 24.0 Å². The van der Waals surface area contributed by atoms with Crippen LogP contribution in [0.25, 0.3) is 0 Å². The van der Waals surface area contributed by atoms with Gasteiger partial charge < -0.3 is 14.4 Å². The highest BCUT2D eigenvalue weighted by Gasteiger charge is 2.16. The van der Waals surface area contributed by atoms with Crippen LogP contribution in [0.1, 0.15) is 21.6 Å². The number of carbonyl (C=O) groups is 1. The van der Waals surface area contributed by atoms with E-state index in [4.69, 9.17) is 9.47 Å². The Morgan fingerprint density at radius 2 is 1.90 bits per heavy atom. The highest BCUT2D eigenvalue weighted by atomic mass is 19.1. The predicted octanol–water partition coefficient (Wildman–Crippen LogP) is 2.80. The Labute approximate surface area is 168 Å². The largest absolute Gasteiger partial charge is 0.493 e. The number of rotatable bonds is 8. The molecule has 2 aromatic carbocycles. The zero-order valence-electron chi connectivity index (χ0n) is 16.6. The molecule has 0 unspecified atom stereocenters. The van der Waals surface area contributed by atoms with Gasteiger partial charge >= 0.3 is 0 Å². The maximum absolute atomic E-state index is 13.8. The van der Waals surface area contributed by atoms with Crippen molar-refractivity contribution in [3.05, 3.63) is 71.3 Å². The third-order valence-electron chi connectivity index (χ3n) is 4.58. The molecule has 7 nitrogen and oxygen atoms in total. The highest BCUT2D eigenvalue weighted by molar-refractivity contribution is 5.91. The molecule has 152 valence electrons. The summed E-state index contributed by atoms with van der Waals surface area (Å²) in [4.78, 5) is 14.2. The minimum absolute atomic E-state index is 0.211. The average molecular weight is 398 g/mol. The maximum Gasteiger partial charge on any atom is 0.275 e. The lowest BCUT2D eigenvalue weighted by molar-refractivity contribution is 0.0790. The number of methoxy groups -OCH3 is 2. The molecule has 1 amide bonds. The van der Waals surface area contributed by atoms with Gasteiger partial charge in [0.25, 0.3) is 5.91 Å². The summed E-state index contributed by atoms with van der Waals surface area (Å²) in [5.74, 6) is 0.746. The van der Waals surface area contributed by atoms with E-state index in [1.807, 2.05) is 18.2 Å². The number of aromatic nitrogens is 3. The Morgan fingerprint density at radius 3 is 2.62 bits per heavy atom. The lowest BCUT2D eigenvalue weighted by atomic mass is 10.1. The van der Waals surface area contributed by atoms with Crippen LogP contribution in [-0.4, -0.2) is 53.6 Å². The molecule has 0 atom stereocenters. The molecule has 0 saturated heterocycles. The second-order valence-electron chi connectivity index (χ2n) is 6.56. The van der Waals surface area contributed by atoms with Crippen molar-refractivity contribution in [3.63, 3.8) is 0 Å². The molecule has 0 N–H and O–H groups in total. The standard InChI is InChI=1S/C21H23FN4O3/c1-25(11-10-15-8-9-19(28-2)20(12-15)29-3)21(27)18-14-26(24-23-18)13-16-6-4-5-7-17(16)22/h4-9,12,14H,10-11,13H2,1-3H3. The van der Waals surface area contributed by atoms with E-state index in [9.17, 15) is 9.18 Å². The van der Waals surface area contributed by atoms with Gasteiger partial charge in [-0.25, -0.2) is 9.07 Å². The number of hydrogen-bond donors (Lipinski definition) is 0. The van der Waals surface area contributed by atoms with Crippen molar-refractivity contribution < 1.29 is 18.7 Å². The van der Waals surface area contributed by atoms with Crippen LogP contribution >= 0.6 is 0 Å². The predicted molar refractivity (Wildman–Crippen MR) is 106 cm³/mol. The van der Waals surface area contributed by atoms with E-state index < -0.39 is 0 Å². The monoisotopic (exact) mass is 398 g/mol. The summed E-state index contributed by atoms with van der Waals surface area (Å²) >= 11 is 0. The van der Waals surface area contributed by atoms with Gasteiger partial charge in [-0.3, -0.25) is 4.79 Å². The second kappa shape index (κ2) is 9.18. The molecule has 0 spiro atoms. The molecule has 0 saturated carbocycles. The Morgan fingerprint density at radius 1 is 1.14 bits per heavy atom. The number of likely N-dealkylation sites (N-methyl/N-ethyl adjacent to an activating group) is 1. The van der Waals surface area contributed by atoms with Gasteiger partial charge in [-0.15, -0.1) is 5.10 Å². The molecule has 0 bridgehead atoms. The molecule has 0 aliphatic heterocycles. The molecule has 29 heavy (non-hydrogen) atoms. The number of nitrogens with zero attached hydrogens (tertiary/aromatic N) is 4. The highest BCUT2D eigenvalue weighted by Crippen LogP contribution is 2.27. The number of halogens is 1. The molecular formula is C21H23FN4O3. The van der Waals surface area contributed by atoms with Crippen LogP contribution in [0.15, 0.2) is 48.7 Å². The lowest BCUT2D eigenvalue weighted by Gasteiger charge is -2.16. The molecule has 1 aromatic heterocycles. The number of hydrogen-bond acceptors (Lipinski definition) is 5.